The molecule has 2 heterocycles. The molecule has 0 atom stereocenters. The Morgan fingerprint density at radius 3 is 2.62 bits per heavy atom. The van der Waals surface area contributed by atoms with Gasteiger partial charge in [-0.1, -0.05) is 19.3 Å². The van der Waals surface area contributed by atoms with E-state index in [-0.39, 0.29) is 0 Å². The van der Waals surface area contributed by atoms with E-state index < -0.39 is 0 Å². The smallest absolute Gasteiger partial charge is 0.145 e. The maximum Gasteiger partial charge on any atom is 0.145 e. The lowest BCUT2D eigenvalue weighted by Gasteiger charge is -2.23. The highest BCUT2D eigenvalue weighted by Crippen LogP contribution is 2.30. The third kappa shape index (κ3) is 3.56. The van der Waals surface area contributed by atoms with Crippen LogP contribution in [-0.2, 0) is 6.54 Å². The van der Waals surface area contributed by atoms with Crippen LogP contribution in [0, 0.1) is 13.8 Å². The number of aromatic nitrogens is 3. The lowest BCUT2D eigenvalue weighted by molar-refractivity contribution is 0.387. The summed E-state index contributed by atoms with van der Waals surface area (Å²) in [5, 5.41) is 4.92. The highest BCUT2D eigenvalue weighted by molar-refractivity contribution is 5.92. The quantitative estimate of drug-likeness (QED) is 0.877. The Hall–Kier alpha value is -1.62. The van der Waals surface area contributed by atoms with Crippen LogP contribution in [-0.4, -0.2) is 46.1 Å². The Morgan fingerprint density at radius 1 is 1.17 bits per heavy atom. The fraction of sp³-hybridized carbons (Fsp3) is 0.684. The first-order valence-electron chi connectivity index (χ1n) is 9.29. The van der Waals surface area contributed by atoms with Crippen molar-refractivity contribution in [3.05, 3.63) is 17.6 Å². The maximum absolute atomic E-state index is 4.61. The number of nitrogens with one attached hydrogen (secondary N) is 1. The summed E-state index contributed by atoms with van der Waals surface area (Å²) < 4.78 is 2.36. The average Bonchev–Trinajstić information content (AvgIpc) is 2.81. The molecule has 0 saturated heterocycles. The van der Waals surface area contributed by atoms with Crippen molar-refractivity contribution in [2.24, 2.45) is 0 Å². The zero-order valence-electron chi connectivity index (χ0n) is 15.6. The van der Waals surface area contributed by atoms with Gasteiger partial charge in [-0.15, -0.1) is 0 Å². The third-order valence-electron chi connectivity index (χ3n) is 5.34. The Bertz CT molecular complexity index is 683. The summed E-state index contributed by atoms with van der Waals surface area (Å²) in [6.45, 7) is 6.51. The van der Waals surface area contributed by atoms with Gasteiger partial charge in [0, 0.05) is 18.3 Å². The molecule has 0 unspecified atom stereocenters. The summed E-state index contributed by atoms with van der Waals surface area (Å²) in [7, 11) is 4.25. The largest absolute Gasteiger partial charge is 0.367 e. The van der Waals surface area contributed by atoms with Crippen molar-refractivity contribution in [2.45, 2.75) is 65.0 Å². The molecule has 0 aromatic carbocycles. The van der Waals surface area contributed by atoms with Gasteiger partial charge in [0.2, 0.25) is 0 Å². The fourth-order valence-corrected chi connectivity index (χ4v) is 3.84. The highest BCUT2D eigenvalue weighted by Gasteiger charge is 2.19. The number of hydrogen-bond donors (Lipinski definition) is 1. The van der Waals surface area contributed by atoms with E-state index in [4.69, 9.17) is 0 Å². The number of fused-ring (bicyclic) bond motifs is 1. The molecular weight excluding hydrogens is 298 g/mol. The van der Waals surface area contributed by atoms with E-state index in [2.05, 4.69) is 52.7 Å². The van der Waals surface area contributed by atoms with E-state index in [1.807, 2.05) is 0 Å². The summed E-state index contributed by atoms with van der Waals surface area (Å²) in [5.41, 5.74) is 3.71. The molecule has 1 N–H and O–H groups in total. The first kappa shape index (κ1) is 17.2. The first-order chi connectivity index (χ1) is 11.6. The maximum atomic E-state index is 4.61. The van der Waals surface area contributed by atoms with E-state index in [1.54, 1.807) is 6.33 Å². The second-order valence-electron chi connectivity index (χ2n) is 7.42. The Morgan fingerprint density at radius 2 is 1.92 bits per heavy atom. The number of anilines is 1. The van der Waals surface area contributed by atoms with Gasteiger partial charge in [-0.25, -0.2) is 9.97 Å². The molecule has 1 fully saturated rings. The fourth-order valence-electron chi connectivity index (χ4n) is 3.84. The van der Waals surface area contributed by atoms with Crippen LogP contribution in [0.1, 0.15) is 49.8 Å². The van der Waals surface area contributed by atoms with Crippen LogP contribution in [0.2, 0.25) is 0 Å². The van der Waals surface area contributed by atoms with Gasteiger partial charge in [-0.3, -0.25) is 0 Å². The van der Waals surface area contributed by atoms with Crippen molar-refractivity contribution in [3.8, 4) is 0 Å². The van der Waals surface area contributed by atoms with E-state index in [9.17, 15) is 0 Å². The molecule has 3 rings (SSSR count). The standard InChI is InChI=1S/C19H31N5/c1-14-15(2)24(12-8-11-23(3)4)19-17(14)18(20-13-21-19)22-16-9-6-5-7-10-16/h13,16H,5-12H2,1-4H3,(H,20,21,22). The second kappa shape index (κ2) is 7.51. The van der Waals surface area contributed by atoms with Gasteiger partial charge in [0.1, 0.15) is 17.8 Å². The van der Waals surface area contributed by atoms with Crippen LogP contribution in [0.5, 0.6) is 0 Å². The number of nitrogens with zero attached hydrogens (tertiary/aromatic N) is 4. The molecule has 132 valence electrons. The topological polar surface area (TPSA) is 46.0 Å². The van der Waals surface area contributed by atoms with Gasteiger partial charge in [0.15, 0.2) is 0 Å². The average molecular weight is 329 g/mol. The summed E-state index contributed by atoms with van der Waals surface area (Å²) in [6.07, 6.45) is 9.39. The summed E-state index contributed by atoms with van der Waals surface area (Å²) in [4.78, 5) is 11.4. The summed E-state index contributed by atoms with van der Waals surface area (Å²) in [5.74, 6) is 1.03. The lowest BCUT2D eigenvalue weighted by atomic mass is 9.95. The van der Waals surface area contributed by atoms with Crippen LogP contribution in [0.15, 0.2) is 6.33 Å². The Labute approximate surface area is 145 Å². The van der Waals surface area contributed by atoms with Gasteiger partial charge in [0.05, 0.1) is 5.39 Å². The molecule has 0 aliphatic heterocycles. The van der Waals surface area contributed by atoms with Crippen molar-refractivity contribution in [3.63, 3.8) is 0 Å². The summed E-state index contributed by atoms with van der Waals surface area (Å²) in [6, 6.07) is 0.564. The highest BCUT2D eigenvalue weighted by atomic mass is 15.1. The molecule has 0 amide bonds. The Kier molecular flexibility index (Phi) is 5.39. The molecule has 1 saturated carbocycles. The molecular formula is C19H31N5. The molecule has 0 bridgehead atoms. The van der Waals surface area contributed by atoms with Crippen LogP contribution in [0.4, 0.5) is 5.82 Å². The number of rotatable bonds is 6. The van der Waals surface area contributed by atoms with E-state index in [0.717, 1.165) is 31.0 Å². The molecule has 2 aromatic heterocycles. The van der Waals surface area contributed by atoms with Gasteiger partial charge in [-0.05, 0) is 59.3 Å². The molecule has 2 aromatic rings. The summed E-state index contributed by atoms with van der Waals surface area (Å²) >= 11 is 0. The van der Waals surface area contributed by atoms with Gasteiger partial charge in [0.25, 0.3) is 0 Å². The lowest BCUT2D eigenvalue weighted by Crippen LogP contribution is -2.23. The molecule has 0 radical (unpaired) electrons. The van der Waals surface area contributed by atoms with Gasteiger partial charge >= 0.3 is 0 Å². The normalized spacial score (nSPS) is 16.2. The monoisotopic (exact) mass is 329 g/mol. The van der Waals surface area contributed by atoms with Crippen molar-refractivity contribution in [2.75, 3.05) is 26.0 Å². The molecule has 5 nitrogen and oxygen atoms in total. The molecule has 5 heteroatoms. The molecule has 1 aliphatic rings. The molecule has 24 heavy (non-hydrogen) atoms. The first-order valence-corrected chi connectivity index (χ1v) is 9.29. The van der Waals surface area contributed by atoms with Crippen LogP contribution >= 0.6 is 0 Å². The van der Waals surface area contributed by atoms with Crippen molar-refractivity contribution in [1.82, 2.24) is 19.4 Å². The van der Waals surface area contributed by atoms with Crippen molar-refractivity contribution >= 4 is 16.9 Å². The minimum absolute atomic E-state index is 0.564. The number of aryl methyl sites for hydroxylation is 2. The number of hydrogen-bond acceptors (Lipinski definition) is 4. The van der Waals surface area contributed by atoms with E-state index in [0.29, 0.717) is 6.04 Å². The second-order valence-corrected chi connectivity index (χ2v) is 7.42. The Balaban J connectivity index is 1.88. The van der Waals surface area contributed by atoms with Gasteiger partial charge in [-0.2, -0.15) is 0 Å². The predicted molar refractivity (Wildman–Crippen MR) is 101 cm³/mol. The predicted octanol–water partition coefficient (Wildman–Crippen LogP) is 3.74. The zero-order valence-corrected chi connectivity index (χ0v) is 15.6. The third-order valence-corrected chi connectivity index (χ3v) is 5.34. The molecule has 1 aliphatic carbocycles. The van der Waals surface area contributed by atoms with Crippen LogP contribution in [0.3, 0.4) is 0 Å². The van der Waals surface area contributed by atoms with E-state index in [1.165, 1.54) is 48.7 Å². The van der Waals surface area contributed by atoms with Crippen molar-refractivity contribution in [1.29, 1.82) is 0 Å². The zero-order chi connectivity index (χ0) is 17.1. The van der Waals surface area contributed by atoms with Crippen molar-refractivity contribution < 1.29 is 0 Å². The molecule has 0 spiro atoms. The van der Waals surface area contributed by atoms with Crippen LogP contribution in [0.25, 0.3) is 11.0 Å². The minimum atomic E-state index is 0.564. The van der Waals surface area contributed by atoms with Gasteiger partial charge < -0.3 is 14.8 Å². The SMILES string of the molecule is Cc1c(C)n(CCCN(C)C)c2ncnc(NC3CCCCC3)c12. The van der Waals surface area contributed by atoms with E-state index >= 15 is 0 Å². The van der Waals surface area contributed by atoms with Crippen LogP contribution < -0.4 is 5.32 Å². The minimum Gasteiger partial charge on any atom is -0.367 e.